The van der Waals surface area contributed by atoms with E-state index in [2.05, 4.69) is 16.8 Å². The van der Waals surface area contributed by atoms with Gasteiger partial charge in [0.15, 0.2) is 0 Å². The van der Waals surface area contributed by atoms with Crippen molar-refractivity contribution in [3.8, 4) is 0 Å². The van der Waals surface area contributed by atoms with E-state index in [-0.39, 0.29) is 16.5 Å². The normalized spacial score (nSPS) is 21.2. The number of aryl methyl sites for hydroxylation is 1. The third-order valence-electron chi connectivity index (χ3n) is 6.85. The molecule has 2 atom stereocenters. The maximum atomic E-state index is 13.2. The van der Waals surface area contributed by atoms with Crippen molar-refractivity contribution >= 4 is 31.6 Å². The molecular formula is C23H27FN4O3S2. The number of sulfonamides is 1. The van der Waals surface area contributed by atoms with Crippen LogP contribution in [0.2, 0.25) is 0 Å². The van der Waals surface area contributed by atoms with Crippen LogP contribution in [0.5, 0.6) is 0 Å². The summed E-state index contributed by atoms with van der Waals surface area (Å²) in [5, 5.41) is 0.744. The number of hydrogen-bond donors (Lipinski definition) is 1. The van der Waals surface area contributed by atoms with Crippen molar-refractivity contribution in [3.05, 3.63) is 56.7 Å². The number of rotatable bonds is 4. The number of hydrogen-bond acceptors (Lipinski definition) is 6. The summed E-state index contributed by atoms with van der Waals surface area (Å²) in [7, 11) is -3.67. The molecule has 2 aliphatic rings. The molecule has 3 aromatic rings. The fraction of sp³-hybridized carbons (Fsp3) is 0.478. The maximum Gasteiger partial charge on any atom is 0.259 e. The Labute approximate surface area is 196 Å². The van der Waals surface area contributed by atoms with E-state index in [9.17, 15) is 17.6 Å². The predicted octanol–water partition coefficient (Wildman–Crippen LogP) is 3.32. The first kappa shape index (κ1) is 22.6. The van der Waals surface area contributed by atoms with Gasteiger partial charge in [-0.15, -0.1) is 11.3 Å². The van der Waals surface area contributed by atoms with Gasteiger partial charge in [-0.2, -0.15) is 4.31 Å². The Morgan fingerprint density at radius 2 is 1.88 bits per heavy atom. The zero-order chi connectivity index (χ0) is 23.3. The quantitative estimate of drug-likeness (QED) is 0.606. The van der Waals surface area contributed by atoms with Gasteiger partial charge < -0.3 is 4.98 Å². The first-order valence-corrected chi connectivity index (χ1v) is 13.5. The van der Waals surface area contributed by atoms with Crippen molar-refractivity contribution in [2.24, 2.45) is 5.92 Å². The number of halogens is 1. The van der Waals surface area contributed by atoms with Crippen LogP contribution in [0.3, 0.4) is 0 Å². The van der Waals surface area contributed by atoms with Gasteiger partial charge in [-0.3, -0.25) is 9.69 Å². The van der Waals surface area contributed by atoms with Gasteiger partial charge in [-0.05, 0) is 61.9 Å². The van der Waals surface area contributed by atoms with Crippen molar-refractivity contribution in [1.82, 2.24) is 19.2 Å². The van der Waals surface area contributed by atoms with Crippen LogP contribution in [0.1, 0.15) is 42.6 Å². The molecule has 33 heavy (non-hydrogen) atoms. The minimum Gasteiger partial charge on any atom is -0.309 e. The molecule has 0 spiro atoms. The standard InChI is InChI=1S/C23H27FN4O3S2/c1-14-3-8-18-19(13-14)32-23-20(18)22(29)25-21(26-23)15(2)27-9-11-28(12-10-27)33(30,31)17-6-4-16(24)5-7-17/h4-7,14-15H,3,8-13H2,1-2H3,(H,25,26,29). The SMILES string of the molecule is CC1CCc2c(sc3nc(C(C)N4CCN(S(=O)(=O)c5ccc(F)cc5)CC4)[nH]c(=O)c23)C1. The molecular weight excluding hydrogens is 463 g/mol. The summed E-state index contributed by atoms with van der Waals surface area (Å²) in [6, 6.07) is 4.77. The van der Waals surface area contributed by atoms with E-state index in [1.54, 1.807) is 11.3 Å². The van der Waals surface area contributed by atoms with Gasteiger partial charge in [0.25, 0.3) is 5.56 Å². The molecule has 1 aliphatic heterocycles. The van der Waals surface area contributed by atoms with Gasteiger partial charge in [-0.1, -0.05) is 6.92 Å². The second-order valence-electron chi connectivity index (χ2n) is 9.05. The highest BCUT2D eigenvalue weighted by Gasteiger charge is 2.31. The first-order chi connectivity index (χ1) is 15.7. The molecule has 0 bridgehead atoms. The predicted molar refractivity (Wildman–Crippen MR) is 127 cm³/mol. The number of fused-ring (bicyclic) bond motifs is 3. The van der Waals surface area contributed by atoms with Crippen LogP contribution >= 0.6 is 11.3 Å². The molecule has 2 unspecified atom stereocenters. The van der Waals surface area contributed by atoms with E-state index < -0.39 is 15.8 Å². The molecule has 1 saturated heterocycles. The molecule has 0 radical (unpaired) electrons. The maximum absolute atomic E-state index is 13.2. The summed E-state index contributed by atoms with van der Waals surface area (Å²) in [6.07, 6.45) is 3.04. The Morgan fingerprint density at radius 3 is 2.58 bits per heavy atom. The lowest BCUT2D eigenvalue weighted by atomic mass is 9.89. The number of benzene rings is 1. The zero-order valence-electron chi connectivity index (χ0n) is 18.7. The summed E-state index contributed by atoms with van der Waals surface area (Å²) < 4.78 is 40.4. The Morgan fingerprint density at radius 1 is 1.18 bits per heavy atom. The molecule has 1 fully saturated rings. The van der Waals surface area contributed by atoms with Gasteiger partial charge in [0.05, 0.1) is 16.3 Å². The first-order valence-electron chi connectivity index (χ1n) is 11.3. The average Bonchev–Trinajstić information content (AvgIpc) is 3.16. The number of nitrogens with zero attached hydrogens (tertiary/aromatic N) is 3. The van der Waals surface area contributed by atoms with E-state index in [0.29, 0.717) is 37.9 Å². The Kier molecular flexibility index (Phi) is 5.88. The minimum absolute atomic E-state index is 0.0774. The number of nitrogens with one attached hydrogen (secondary N) is 1. The van der Waals surface area contributed by atoms with E-state index in [0.717, 1.165) is 41.6 Å². The Bertz CT molecular complexity index is 1340. The highest BCUT2D eigenvalue weighted by Crippen LogP contribution is 2.36. The molecule has 5 rings (SSSR count). The van der Waals surface area contributed by atoms with Crippen LogP contribution < -0.4 is 5.56 Å². The lowest BCUT2D eigenvalue weighted by Gasteiger charge is -2.36. The van der Waals surface area contributed by atoms with E-state index in [1.165, 1.54) is 26.9 Å². The summed E-state index contributed by atoms with van der Waals surface area (Å²) in [5.74, 6) is 0.784. The van der Waals surface area contributed by atoms with Crippen LogP contribution in [-0.4, -0.2) is 53.8 Å². The molecule has 0 amide bonds. The molecule has 3 heterocycles. The van der Waals surface area contributed by atoms with Crippen molar-refractivity contribution in [2.75, 3.05) is 26.2 Å². The summed E-state index contributed by atoms with van der Waals surface area (Å²) in [4.78, 5) is 25.1. The van der Waals surface area contributed by atoms with E-state index in [4.69, 9.17) is 4.98 Å². The summed E-state index contributed by atoms with van der Waals surface area (Å²) in [5.41, 5.74) is 1.09. The highest BCUT2D eigenvalue weighted by atomic mass is 32.2. The minimum atomic E-state index is -3.67. The smallest absolute Gasteiger partial charge is 0.259 e. The van der Waals surface area contributed by atoms with Gasteiger partial charge >= 0.3 is 0 Å². The van der Waals surface area contributed by atoms with E-state index in [1.807, 2.05) is 6.92 Å². The number of aromatic nitrogens is 2. The van der Waals surface area contributed by atoms with Crippen LogP contribution in [0, 0.1) is 11.7 Å². The molecule has 10 heteroatoms. The Balaban J connectivity index is 1.33. The van der Waals surface area contributed by atoms with Gasteiger partial charge in [0.1, 0.15) is 16.5 Å². The third-order valence-corrected chi connectivity index (χ3v) is 9.91. The van der Waals surface area contributed by atoms with Gasteiger partial charge in [-0.25, -0.2) is 17.8 Å². The van der Waals surface area contributed by atoms with Crippen LogP contribution in [0.15, 0.2) is 34.0 Å². The summed E-state index contributed by atoms with van der Waals surface area (Å²) >= 11 is 1.63. The van der Waals surface area contributed by atoms with Crippen molar-refractivity contribution in [2.45, 2.75) is 44.0 Å². The monoisotopic (exact) mass is 490 g/mol. The van der Waals surface area contributed by atoms with Crippen molar-refractivity contribution in [1.29, 1.82) is 0 Å². The molecule has 7 nitrogen and oxygen atoms in total. The summed E-state index contributed by atoms with van der Waals surface area (Å²) in [6.45, 7) is 5.91. The van der Waals surface area contributed by atoms with Crippen LogP contribution in [-0.2, 0) is 22.9 Å². The van der Waals surface area contributed by atoms with Crippen molar-refractivity contribution < 1.29 is 12.8 Å². The number of aromatic amines is 1. The van der Waals surface area contributed by atoms with Crippen molar-refractivity contribution in [3.63, 3.8) is 0 Å². The highest BCUT2D eigenvalue weighted by molar-refractivity contribution is 7.89. The van der Waals surface area contributed by atoms with Gasteiger partial charge in [0.2, 0.25) is 10.0 Å². The fourth-order valence-corrected chi connectivity index (χ4v) is 7.64. The number of piperazine rings is 1. The topological polar surface area (TPSA) is 86.4 Å². The zero-order valence-corrected chi connectivity index (χ0v) is 20.3. The lowest BCUT2D eigenvalue weighted by molar-refractivity contribution is 0.141. The van der Waals surface area contributed by atoms with Crippen LogP contribution in [0.4, 0.5) is 4.39 Å². The average molecular weight is 491 g/mol. The molecule has 1 aliphatic carbocycles. The number of H-pyrrole nitrogens is 1. The fourth-order valence-electron chi connectivity index (χ4n) is 4.82. The molecule has 176 valence electrons. The lowest BCUT2D eigenvalue weighted by Crippen LogP contribution is -2.49. The largest absolute Gasteiger partial charge is 0.309 e. The second-order valence-corrected chi connectivity index (χ2v) is 12.1. The molecule has 1 aromatic carbocycles. The Hall–Kier alpha value is -2.14. The third kappa shape index (κ3) is 4.14. The molecule has 1 N–H and O–H groups in total. The molecule has 0 saturated carbocycles. The van der Waals surface area contributed by atoms with Crippen LogP contribution in [0.25, 0.3) is 10.2 Å². The second kappa shape index (κ2) is 8.57. The molecule has 2 aromatic heterocycles. The number of thiophene rings is 1. The van der Waals surface area contributed by atoms with Gasteiger partial charge in [0, 0.05) is 31.1 Å². The van der Waals surface area contributed by atoms with E-state index >= 15 is 0 Å².